The molecule has 2 aromatic carbocycles. The van der Waals surface area contributed by atoms with Crippen LogP contribution in [-0.4, -0.2) is 35.4 Å². The molecule has 1 aliphatic heterocycles. The predicted molar refractivity (Wildman–Crippen MR) is 120 cm³/mol. The first-order valence-corrected chi connectivity index (χ1v) is 11.1. The molecule has 5 nitrogen and oxygen atoms in total. The molecule has 0 unspecified atom stereocenters. The lowest BCUT2D eigenvalue weighted by atomic mass is 10.1. The van der Waals surface area contributed by atoms with E-state index in [0.717, 1.165) is 41.0 Å². The van der Waals surface area contributed by atoms with Crippen molar-refractivity contribution in [2.45, 2.75) is 32.9 Å². The van der Waals surface area contributed by atoms with E-state index in [-0.39, 0.29) is 12.0 Å². The van der Waals surface area contributed by atoms with Gasteiger partial charge in [-0.1, -0.05) is 48.5 Å². The van der Waals surface area contributed by atoms with Gasteiger partial charge in [0.05, 0.1) is 17.1 Å². The minimum Gasteiger partial charge on any atom is -0.484 e. The average Bonchev–Trinajstić information content (AvgIpc) is 2.95. The Morgan fingerprint density at radius 1 is 1.17 bits per heavy atom. The lowest BCUT2D eigenvalue weighted by Gasteiger charge is -2.24. The molecule has 1 N–H and O–H groups in total. The molecule has 0 aliphatic carbocycles. The van der Waals surface area contributed by atoms with E-state index in [1.165, 1.54) is 11.1 Å². The van der Waals surface area contributed by atoms with Gasteiger partial charge in [-0.25, -0.2) is 4.98 Å². The zero-order valence-corrected chi connectivity index (χ0v) is 18.2. The number of aromatic nitrogens is 1. The van der Waals surface area contributed by atoms with Crippen molar-refractivity contribution in [3.63, 3.8) is 0 Å². The van der Waals surface area contributed by atoms with Gasteiger partial charge in [-0.2, -0.15) is 0 Å². The maximum Gasteiger partial charge on any atom is 0.225 e. The van der Waals surface area contributed by atoms with Crippen molar-refractivity contribution in [2.75, 3.05) is 19.6 Å². The van der Waals surface area contributed by atoms with Crippen molar-refractivity contribution in [3.8, 4) is 5.75 Å². The van der Waals surface area contributed by atoms with Crippen LogP contribution in [-0.2, 0) is 17.8 Å². The van der Waals surface area contributed by atoms with E-state index < -0.39 is 0 Å². The molecule has 0 saturated carbocycles. The third kappa shape index (κ3) is 5.07. The summed E-state index contributed by atoms with van der Waals surface area (Å²) in [6.07, 6.45) is 0.365. The maximum absolute atomic E-state index is 12.4. The van der Waals surface area contributed by atoms with Gasteiger partial charge >= 0.3 is 0 Å². The first-order chi connectivity index (χ1) is 14.6. The summed E-state index contributed by atoms with van der Waals surface area (Å²) < 4.78 is 6.36. The van der Waals surface area contributed by atoms with Crippen LogP contribution >= 0.6 is 11.3 Å². The Bertz CT molecular complexity index is 1000. The van der Waals surface area contributed by atoms with E-state index in [4.69, 9.17) is 4.74 Å². The Morgan fingerprint density at radius 3 is 2.70 bits per heavy atom. The zero-order valence-electron chi connectivity index (χ0n) is 17.4. The Hall–Kier alpha value is -2.70. The molecule has 1 amide bonds. The maximum atomic E-state index is 12.4. The van der Waals surface area contributed by atoms with Gasteiger partial charge < -0.3 is 10.1 Å². The third-order valence-electron chi connectivity index (χ3n) is 5.30. The molecule has 0 spiro atoms. The first kappa shape index (κ1) is 20.6. The van der Waals surface area contributed by atoms with E-state index in [9.17, 15) is 4.79 Å². The zero-order chi connectivity index (χ0) is 20.9. The summed E-state index contributed by atoms with van der Waals surface area (Å²) in [4.78, 5) is 20.2. The molecule has 1 aliphatic rings. The Morgan fingerprint density at radius 2 is 1.93 bits per heavy atom. The molecule has 0 radical (unpaired) electrons. The highest BCUT2D eigenvalue weighted by molar-refractivity contribution is 7.11. The number of ether oxygens (including phenoxy) is 1. The number of carbonyl (C=O) groups excluding carboxylic acids is 1. The minimum absolute atomic E-state index is 0.0339. The monoisotopic (exact) mass is 421 g/mol. The van der Waals surface area contributed by atoms with Crippen molar-refractivity contribution in [3.05, 3.63) is 81.3 Å². The molecule has 0 bridgehead atoms. The van der Waals surface area contributed by atoms with E-state index in [2.05, 4.69) is 33.4 Å². The Labute approximate surface area is 181 Å². The summed E-state index contributed by atoms with van der Waals surface area (Å²) in [7, 11) is 0. The number of hydrogen-bond acceptors (Lipinski definition) is 5. The van der Waals surface area contributed by atoms with Gasteiger partial charge in [0.1, 0.15) is 11.9 Å². The fourth-order valence-corrected chi connectivity index (χ4v) is 4.73. The minimum atomic E-state index is -0.0339. The van der Waals surface area contributed by atoms with E-state index in [1.54, 1.807) is 11.3 Å². The smallest absolute Gasteiger partial charge is 0.225 e. The normalized spacial score (nSPS) is 16.4. The second-order valence-corrected chi connectivity index (χ2v) is 8.92. The third-order valence-corrected chi connectivity index (χ3v) is 6.37. The number of nitrogens with one attached hydrogen (secondary N) is 1. The summed E-state index contributed by atoms with van der Waals surface area (Å²) in [6, 6.07) is 18.5. The molecule has 1 aromatic heterocycles. The van der Waals surface area contributed by atoms with Crippen LogP contribution < -0.4 is 10.1 Å². The lowest BCUT2D eigenvalue weighted by Crippen LogP contribution is -2.37. The summed E-state index contributed by atoms with van der Waals surface area (Å²) in [6.45, 7) is 6.91. The molecule has 4 rings (SSSR count). The largest absolute Gasteiger partial charge is 0.484 e. The number of benzene rings is 2. The van der Waals surface area contributed by atoms with Crippen molar-refractivity contribution < 1.29 is 9.53 Å². The van der Waals surface area contributed by atoms with Crippen molar-refractivity contribution in [1.82, 2.24) is 15.2 Å². The Balaban J connectivity index is 1.39. The van der Waals surface area contributed by atoms with Gasteiger partial charge in [0.25, 0.3) is 0 Å². The highest BCUT2D eigenvalue weighted by Gasteiger charge is 2.24. The number of rotatable bonds is 6. The SMILES string of the molecule is Cc1nc(C)c(CC(=O)NCCN2Cc3ccccc3O[C@@H](c3ccccc3)C2)s1. The highest BCUT2D eigenvalue weighted by atomic mass is 32.1. The van der Waals surface area contributed by atoms with E-state index >= 15 is 0 Å². The van der Waals surface area contributed by atoms with E-state index in [1.807, 2.05) is 50.2 Å². The van der Waals surface area contributed by atoms with Crippen LogP contribution in [0.2, 0.25) is 0 Å². The number of fused-ring (bicyclic) bond motifs is 1. The molecule has 3 aromatic rings. The molecule has 1 atom stereocenters. The molecular weight excluding hydrogens is 394 g/mol. The van der Waals surface area contributed by atoms with Crippen LogP contribution in [0.3, 0.4) is 0 Å². The van der Waals surface area contributed by atoms with Crippen LogP contribution in [0.5, 0.6) is 5.75 Å². The fourth-order valence-electron chi connectivity index (χ4n) is 3.79. The van der Waals surface area contributed by atoms with Crippen LogP contribution in [0.15, 0.2) is 54.6 Å². The highest BCUT2D eigenvalue weighted by Crippen LogP contribution is 2.30. The lowest BCUT2D eigenvalue weighted by molar-refractivity contribution is -0.120. The van der Waals surface area contributed by atoms with Crippen molar-refractivity contribution in [1.29, 1.82) is 0 Å². The summed E-state index contributed by atoms with van der Waals surface area (Å²) in [5.74, 6) is 0.988. The number of hydrogen-bond donors (Lipinski definition) is 1. The van der Waals surface area contributed by atoms with Crippen molar-refractivity contribution >= 4 is 17.2 Å². The number of para-hydroxylation sites is 1. The molecule has 0 fully saturated rings. The first-order valence-electron chi connectivity index (χ1n) is 10.3. The van der Waals surface area contributed by atoms with Crippen LogP contribution in [0.25, 0.3) is 0 Å². The number of amides is 1. The topological polar surface area (TPSA) is 54.5 Å². The standard InChI is InChI=1S/C24H27N3O2S/c1-17-23(30-18(2)26-17)14-24(28)25-12-13-27-15-20-10-6-7-11-21(20)29-22(16-27)19-8-4-3-5-9-19/h3-11,22H,12-16H2,1-2H3,(H,25,28)/t22-/m1/s1. The van der Waals surface area contributed by atoms with Gasteiger partial charge in [0.2, 0.25) is 5.91 Å². The number of thiazole rings is 1. The second-order valence-electron chi connectivity index (χ2n) is 7.63. The van der Waals surface area contributed by atoms with E-state index in [0.29, 0.717) is 13.0 Å². The quantitative estimate of drug-likeness (QED) is 0.652. The molecule has 6 heteroatoms. The van der Waals surface area contributed by atoms with Gasteiger partial charge in [-0.3, -0.25) is 9.69 Å². The van der Waals surface area contributed by atoms with Crippen LogP contribution in [0.4, 0.5) is 0 Å². The fraction of sp³-hybridized carbons (Fsp3) is 0.333. The van der Waals surface area contributed by atoms with Crippen LogP contribution in [0, 0.1) is 13.8 Å². The molecule has 30 heavy (non-hydrogen) atoms. The Kier molecular flexibility index (Phi) is 6.45. The summed E-state index contributed by atoms with van der Waals surface area (Å²) >= 11 is 1.60. The number of carbonyl (C=O) groups is 1. The number of nitrogens with zero attached hydrogens (tertiary/aromatic N) is 2. The average molecular weight is 422 g/mol. The summed E-state index contributed by atoms with van der Waals surface area (Å²) in [5, 5.41) is 4.08. The van der Waals surface area contributed by atoms with Gasteiger partial charge in [0, 0.05) is 36.6 Å². The van der Waals surface area contributed by atoms with Gasteiger partial charge in [-0.05, 0) is 25.5 Å². The molecule has 2 heterocycles. The second kappa shape index (κ2) is 9.41. The molecular formula is C24H27N3O2S. The van der Waals surface area contributed by atoms with Crippen molar-refractivity contribution in [2.24, 2.45) is 0 Å². The number of aryl methyl sites for hydroxylation is 2. The van der Waals surface area contributed by atoms with Gasteiger partial charge in [-0.15, -0.1) is 11.3 Å². The van der Waals surface area contributed by atoms with Gasteiger partial charge in [0.15, 0.2) is 0 Å². The predicted octanol–water partition coefficient (Wildman–Crippen LogP) is 4.05. The van der Waals surface area contributed by atoms with Crippen LogP contribution in [0.1, 0.15) is 32.8 Å². The summed E-state index contributed by atoms with van der Waals surface area (Å²) in [5.41, 5.74) is 3.30. The molecule has 156 valence electrons. The molecule has 0 saturated heterocycles.